The van der Waals surface area contributed by atoms with Crippen LogP contribution in [0.4, 0.5) is 0 Å². The van der Waals surface area contributed by atoms with Crippen LogP contribution in [0.25, 0.3) is 55.2 Å². The molecule has 502 valence electrons. The van der Waals surface area contributed by atoms with Crippen molar-refractivity contribution in [3.05, 3.63) is 150 Å². The number of methoxy groups -OCH3 is 3. The second kappa shape index (κ2) is 34.1. The third-order valence-electron chi connectivity index (χ3n) is 16.8. The summed E-state index contributed by atoms with van der Waals surface area (Å²) < 4.78 is 43.8. The Bertz CT molecular complexity index is 4170. The number of benzene rings is 5. The molecule has 4 saturated heterocycles. The molecule has 0 saturated carbocycles. The summed E-state index contributed by atoms with van der Waals surface area (Å²) in [4.78, 5) is 87.7. The van der Waals surface area contributed by atoms with Crippen molar-refractivity contribution < 1.29 is 76.5 Å². The fraction of sp³-hybridized carbons (Fsp3) is 0.403. The Morgan fingerprint density at radius 3 is 1.20 bits per heavy atom. The normalized spacial score (nSPS) is 15.6. The lowest BCUT2D eigenvalue weighted by molar-refractivity contribution is -0.671. The van der Waals surface area contributed by atoms with E-state index in [0.717, 1.165) is 213 Å². The molecule has 0 unspecified atom stereocenters. The molecule has 5 N–H and O–H groups in total. The number of carboxylic acid groups (broad SMARTS) is 2. The Balaban J connectivity index is 0.000000130. The summed E-state index contributed by atoms with van der Waals surface area (Å²) in [5, 5.41) is 18.0. The minimum Gasteiger partial charge on any atom is -0.478 e. The first kappa shape index (κ1) is 68.3. The number of fused-ring (bicyclic) bond motifs is 5. The maximum Gasteiger partial charge on any atom is 0.338 e. The first-order valence-corrected chi connectivity index (χ1v) is 31.6. The van der Waals surface area contributed by atoms with Gasteiger partial charge < -0.3 is 57.5 Å². The van der Waals surface area contributed by atoms with Crippen LogP contribution in [0.5, 0.6) is 0 Å². The lowest BCUT2D eigenvalue weighted by Gasteiger charge is -2.26. The maximum absolute atomic E-state index is 11.6. The van der Waals surface area contributed by atoms with Crippen molar-refractivity contribution in [1.82, 2.24) is 58.6 Å². The molecule has 4 fully saturated rings. The third-order valence-corrected chi connectivity index (χ3v) is 16.8. The number of hydrogen-bond donors (Lipinski definition) is 5. The van der Waals surface area contributed by atoms with Gasteiger partial charge in [-0.05, 0) is 78.9 Å². The fourth-order valence-corrected chi connectivity index (χ4v) is 11.3. The largest absolute Gasteiger partial charge is 0.478 e. The Morgan fingerprint density at radius 2 is 0.768 bits per heavy atom. The number of nitrogens with one attached hydrogen (secondary N) is 3. The number of rotatable bonds is 17. The van der Waals surface area contributed by atoms with E-state index in [1.165, 1.54) is 21.3 Å². The molecule has 5 aromatic carbocycles. The molecule has 95 heavy (non-hydrogen) atoms. The second-order valence-corrected chi connectivity index (χ2v) is 22.7. The SMILES string of the molecule is COC(=O)c1ccc2c(c1)[nH]c[n+]2CCN1CCOCC1.COC(=O)c1ccc2nc[nH]c2c1.COC(=O)c1ccc2ncn(CCN3CCOCC3)c2c1.O=C(O)c1ccc2c(c1)[nH]c[n+]2CCN1CCOCC1.O=C(O)c1ccc2ncn(CCN3CCOCC3)c2c1. The average molecular weight is 1310 g/mol. The molecule has 0 amide bonds. The third kappa shape index (κ3) is 18.7. The van der Waals surface area contributed by atoms with E-state index in [0.29, 0.717) is 27.8 Å². The molecule has 10 aromatic rings. The van der Waals surface area contributed by atoms with E-state index in [1.807, 2.05) is 53.9 Å². The van der Waals surface area contributed by atoms with E-state index in [1.54, 1.807) is 73.3 Å². The summed E-state index contributed by atoms with van der Waals surface area (Å²) in [6, 6.07) is 26.4. The van der Waals surface area contributed by atoms with Gasteiger partial charge in [-0.15, -0.1) is 0 Å². The number of carbonyl (C=O) groups excluding carboxylic acids is 3. The second-order valence-electron chi connectivity index (χ2n) is 22.7. The Kier molecular flexibility index (Phi) is 24.5. The van der Waals surface area contributed by atoms with Gasteiger partial charge in [-0.25, -0.2) is 58.0 Å². The summed E-state index contributed by atoms with van der Waals surface area (Å²) in [7, 11) is 4.14. The number of esters is 3. The van der Waals surface area contributed by atoms with Crippen LogP contribution in [0.1, 0.15) is 51.8 Å². The van der Waals surface area contributed by atoms with Gasteiger partial charge in [-0.3, -0.25) is 19.6 Å². The van der Waals surface area contributed by atoms with E-state index in [2.05, 4.69) is 67.9 Å². The number of aromatic carboxylic acids is 2. The predicted molar refractivity (Wildman–Crippen MR) is 350 cm³/mol. The highest BCUT2D eigenvalue weighted by Crippen LogP contribution is 2.19. The summed E-state index contributed by atoms with van der Waals surface area (Å²) in [5.74, 6) is -2.78. The van der Waals surface area contributed by atoms with Gasteiger partial charge in [0.25, 0.3) is 0 Å². The van der Waals surface area contributed by atoms with Crippen LogP contribution >= 0.6 is 0 Å². The van der Waals surface area contributed by atoms with Crippen molar-refractivity contribution in [2.24, 2.45) is 0 Å². The van der Waals surface area contributed by atoms with Gasteiger partial charge in [0.2, 0.25) is 12.7 Å². The Labute approximate surface area is 547 Å². The van der Waals surface area contributed by atoms with Crippen molar-refractivity contribution in [2.45, 2.75) is 26.2 Å². The molecule has 0 aliphatic carbocycles. The fourth-order valence-electron chi connectivity index (χ4n) is 11.3. The first-order chi connectivity index (χ1) is 46.3. The minimum absolute atomic E-state index is 0.297. The summed E-state index contributed by atoms with van der Waals surface area (Å²) in [6.07, 6.45) is 9.04. The molecule has 14 rings (SSSR count). The highest BCUT2D eigenvalue weighted by molar-refractivity contribution is 5.96. The molecule has 0 bridgehead atoms. The van der Waals surface area contributed by atoms with Crippen molar-refractivity contribution in [1.29, 1.82) is 0 Å². The van der Waals surface area contributed by atoms with E-state index in [4.69, 9.17) is 38.6 Å². The molecule has 28 nitrogen and oxygen atoms in total. The molecule has 0 spiro atoms. The molecule has 9 heterocycles. The molecule has 0 radical (unpaired) electrons. The highest BCUT2D eigenvalue weighted by atomic mass is 16.5. The van der Waals surface area contributed by atoms with Gasteiger partial charge in [-0.1, -0.05) is 0 Å². The number of carboxylic acids is 2. The van der Waals surface area contributed by atoms with E-state index in [-0.39, 0.29) is 17.9 Å². The van der Waals surface area contributed by atoms with Crippen LogP contribution in [-0.2, 0) is 59.3 Å². The van der Waals surface area contributed by atoms with Crippen molar-refractivity contribution in [2.75, 3.05) is 153 Å². The molecule has 4 aliphatic heterocycles. The number of aromatic amines is 3. The topological polar surface area (TPSA) is 307 Å². The Hall–Kier alpha value is -9.52. The number of aromatic nitrogens is 10. The quantitative estimate of drug-likeness (QED) is 0.0471. The lowest BCUT2D eigenvalue weighted by atomic mass is 10.2. The van der Waals surface area contributed by atoms with Crippen LogP contribution in [-0.4, -0.2) is 251 Å². The number of carbonyl (C=O) groups is 5. The zero-order valence-corrected chi connectivity index (χ0v) is 53.7. The molecular formula is C67H82N14O14+2. The number of H-pyrrole nitrogens is 3. The van der Waals surface area contributed by atoms with Crippen molar-refractivity contribution in [3.63, 3.8) is 0 Å². The van der Waals surface area contributed by atoms with Crippen molar-refractivity contribution in [3.8, 4) is 0 Å². The number of nitrogens with zero attached hydrogens (tertiary/aromatic N) is 11. The minimum atomic E-state index is -0.909. The zero-order chi connectivity index (χ0) is 66.5. The van der Waals surface area contributed by atoms with Gasteiger partial charge in [0.1, 0.15) is 13.1 Å². The Morgan fingerprint density at radius 1 is 0.421 bits per heavy atom. The molecule has 28 heteroatoms. The van der Waals surface area contributed by atoms with E-state index < -0.39 is 11.9 Å². The van der Waals surface area contributed by atoms with Gasteiger partial charge in [0, 0.05) is 104 Å². The number of morpholine rings is 4. The van der Waals surface area contributed by atoms with Crippen LogP contribution in [0.15, 0.2) is 123 Å². The summed E-state index contributed by atoms with van der Waals surface area (Å²) in [5.41, 5.74) is 11.4. The van der Waals surface area contributed by atoms with Crippen molar-refractivity contribution >= 4 is 85.0 Å². The molecular weight excluding hydrogens is 1220 g/mol. The summed E-state index contributed by atoms with van der Waals surface area (Å²) in [6.45, 7) is 21.5. The number of ether oxygens (including phenoxy) is 7. The number of hydrogen-bond acceptors (Lipinski definition) is 19. The predicted octanol–water partition coefficient (Wildman–Crippen LogP) is 4.63. The van der Waals surface area contributed by atoms with Crippen LogP contribution in [0.2, 0.25) is 0 Å². The maximum atomic E-state index is 11.6. The van der Waals surface area contributed by atoms with Crippen LogP contribution in [0, 0.1) is 0 Å². The van der Waals surface area contributed by atoms with Gasteiger partial charge in [-0.2, -0.15) is 0 Å². The summed E-state index contributed by atoms with van der Waals surface area (Å²) >= 11 is 0. The first-order valence-electron chi connectivity index (χ1n) is 31.6. The zero-order valence-electron chi connectivity index (χ0n) is 53.7. The van der Waals surface area contributed by atoms with Gasteiger partial charge in [0.15, 0.2) is 22.1 Å². The molecule has 4 aliphatic rings. The standard InChI is InChI=1S/2C15H19N3O3.2C14H17N3O3.C9H8N2O2/c1-20-15(19)12-2-3-14-13(10-12)16-11-18(14)5-4-17-6-8-21-9-7-17;1-20-15(19)12-2-3-13-14(10-12)18(11-16-13)5-4-17-6-8-21-9-7-17;18-14(19)11-1-2-13-12(9-11)15-10-17(13)4-3-16-5-7-20-8-6-16;18-14(19)11-1-2-12-13(9-11)17(10-15-12)4-3-16-5-7-20-8-6-16;1-13-9(12)6-2-3-7-8(4-6)11-5-10-7/h2*2-3,10-11H,4-9H2,1H3;2*1-2,9-10H,3-8H2,(H,18,19);2-5H,1H3,(H,10,11)/p+2. The lowest BCUT2D eigenvalue weighted by Crippen LogP contribution is -2.44. The monoisotopic (exact) mass is 1310 g/mol. The van der Waals surface area contributed by atoms with Gasteiger partial charge in [0.05, 0.1) is 154 Å². The smallest absolute Gasteiger partial charge is 0.338 e. The highest BCUT2D eigenvalue weighted by Gasteiger charge is 2.20. The van der Waals surface area contributed by atoms with Crippen LogP contribution in [0.3, 0.4) is 0 Å². The number of imidazole rings is 5. The molecule has 5 aromatic heterocycles. The van der Waals surface area contributed by atoms with Gasteiger partial charge >= 0.3 is 29.8 Å². The average Bonchev–Trinajstić information content (AvgIpc) is 1.77. The van der Waals surface area contributed by atoms with E-state index in [9.17, 15) is 24.0 Å². The van der Waals surface area contributed by atoms with E-state index >= 15 is 0 Å². The van der Waals surface area contributed by atoms with Crippen LogP contribution < -0.4 is 9.13 Å². The molecule has 0 atom stereocenters.